The average molecular weight is 312 g/mol. The first-order valence-corrected chi connectivity index (χ1v) is 7.55. The minimum atomic E-state index is 0.638. The van der Waals surface area contributed by atoms with Gasteiger partial charge < -0.3 is 10.2 Å². The summed E-state index contributed by atoms with van der Waals surface area (Å²) in [5.41, 5.74) is 1.26. The van der Waals surface area contributed by atoms with E-state index in [0.29, 0.717) is 6.04 Å². The zero-order valence-electron chi connectivity index (χ0n) is 11.2. The Morgan fingerprint density at radius 1 is 1.50 bits per heavy atom. The molecule has 0 aromatic carbocycles. The van der Waals surface area contributed by atoms with E-state index in [4.69, 9.17) is 0 Å². The fraction of sp³-hybridized carbons (Fsp3) is 0.643. The van der Waals surface area contributed by atoms with Crippen LogP contribution in [0.3, 0.4) is 0 Å². The second-order valence-corrected chi connectivity index (χ2v) is 5.88. The first-order valence-electron chi connectivity index (χ1n) is 6.75. The molecule has 1 aromatic rings. The predicted octanol–water partition coefficient (Wildman–Crippen LogP) is 3.12. The summed E-state index contributed by atoms with van der Waals surface area (Å²) >= 11 is 3.52. The molecule has 100 valence electrons. The lowest BCUT2D eigenvalue weighted by molar-refractivity contribution is 0.430. The summed E-state index contributed by atoms with van der Waals surface area (Å²) in [7, 11) is 2.02. The van der Waals surface area contributed by atoms with Gasteiger partial charge in [0.15, 0.2) is 0 Å². The predicted molar refractivity (Wildman–Crippen MR) is 80.2 cm³/mol. The van der Waals surface area contributed by atoms with E-state index in [1.165, 1.54) is 31.2 Å². The summed E-state index contributed by atoms with van der Waals surface area (Å²) in [4.78, 5) is 7.07. The lowest BCUT2D eigenvalue weighted by Crippen LogP contribution is -2.41. The van der Waals surface area contributed by atoms with Gasteiger partial charge in [-0.05, 0) is 73.8 Å². The van der Waals surface area contributed by atoms with Gasteiger partial charge in [-0.15, -0.1) is 0 Å². The molecule has 4 heteroatoms. The molecule has 0 amide bonds. The Bertz CT molecular complexity index is 395. The third-order valence-corrected chi connectivity index (χ3v) is 4.51. The van der Waals surface area contributed by atoms with Crippen LogP contribution in [0.5, 0.6) is 0 Å². The summed E-state index contributed by atoms with van der Waals surface area (Å²) in [6, 6.07) is 2.83. The van der Waals surface area contributed by atoms with Crippen molar-refractivity contribution in [2.24, 2.45) is 0 Å². The Kier molecular flexibility index (Phi) is 5.01. The molecule has 1 saturated heterocycles. The number of hydrogen-bond donors (Lipinski definition) is 1. The topological polar surface area (TPSA) is 28.2 Å². The van der Waals surface area contributed by atoms with E-state index in [2.05, 4.69) is 44.1 Å². The van der Waals surface area contributed by atoms with Gasteiger partial charge in [-0.2, -0.15) is 0 Å². The Morgan fingerprint density at radius 2 is 2.33 bits per heavy atom. The summed E-state index contributed by atoms with van der Waals surface area (Å²) in [6.07, 6.45) is 7.05. The standard InChI is InChI=1S/C14H22BrN3/c1-11-9-14(17-10-13(11)15)18-8-4-3-5-12(18)6-7-16-2/h9-10,12,16H,3-8H2,1-2H3. The van der Waals surface area contributed by atoms with Crippen molar-refractivity contribution in [1.29, 1.82) is 0 Å². The van der Waals surface area contributed by atoms with Crippen LogP contribution in [0, 0.1) is 6.92 Å². The molecule has 0 saturated carbocycles. The van der Waals surface area contributed by atoms with Crippen LogP contribution in [0.4, 0.5) is 5.82 Å². The number of hydrogen-bond acceptors (Lipinski definition) is 3. The van der Waals surface area contributed by atoms with Gasteiger partial charge in [0.1, 0.15) is 5.82 Å². The normalized spacial score (nSPS) is 20.2. The van der Waals surface area contributed by atoms with Crippen molar-refractivity contribution in [2.75, 3.05) is 25.0 Å². The Labute approximate surface area is 118 Å². The lowest BCUT2D eigenvalue weighted by atomic mass is 9.99. The lowest BCUT2D eigenvalue weighted by Gasteiger charge is -2.37. The second-order valence-electron chi connectivity index (χ2n) is 5.03. The van der Waals surface area contributed by atoms with Crippen molar-refractivity contribution >= 4 is 21.7 Å². The van der Waals surface area contributed by atoms with Crippen LogP contribution >= 0.6 is 15.9 Å². The molecule has 1 unspecified atom stereocenters. The molecule has 3 nitrogen and oxygen atoms in total. The molecular formula is C14H22BrN3. The first-order chi connectivity index (χ1) is 8.72. The van der Waals surface area contributed by atoms with Crippen molar-refractivity contribution in [3.63, 3.8) is 0 Å². The maximum Gasteiger partial charge on any atom is 0.129 e. The minimum absolute atomic E-state index is 0.638. The average Bonchev–Trinajstić information content (AvgIpc) is 2.40. The van der Waals surface area contributed by atoms with E-state index in [1.807, 2.05) is 13.2 Å². The SMILES string of the molecule is CNCCC1CCCCN1c1cc(C)c(Br)cn1. The van der Waals surface area contributed by atoms with Crippen LogP contribution in [-0.4, -0.2) is 31.2 Å². The fourth-order valence-electron chi connectivity index (χ4n) is 2.59. The van der Waals surface area contributed by atoms with Gasteiger partial charge in [-0.1, -0.05) is 0 Å². The van der Waals surface area contributed by atoms with Gasteiger partial charge in [0.05, 0.1) is 0 Å². The number of aromatic nitrogens is 1. The maximum atomic E-state index is 4.58. The summed E-state index contributed by atoms with van der Waals surface area (Å²) < 4.78 is 1.09. The zero-order chi connectivity index (χ0) is 13.0. The van der Waals surface area contributed by atoms with Gasteiger partial charge in [0.2, 0.25) is 0 Å². The molecule has 1 atom stereocenters. The highest BCUT2D eigenvalue weighted by molar-refractivity contribution is 9.10. The van der Waals surface area contributed by atoms with Crippen LogP contribution in [0.25, 0.3) is 0 Å². The number of nitrogens with one attached hydrogen (secondary N) is 1. The molecule has 1 aliphatic rings. The van der Waals surface area contributed by atoms with Gasteiger partial charge in [-0.3, -0.25) is 0 Å². The largest absolute Gasteiger partial charge is 0.354 e. The number of anilines is 1. The van der Waals surface area contributed by atoms with Crippen LogP contribution in [0.2, 0.25) is 0 Å². The van der Waals surface area contributed by atoms with Crippen molar-refractivity contribution in [3.8, 4) is 0 Å². The Morgan fingerprint density at radius 3 is 3.06 bits per heavy atom. The molecule has 0 radical (unpaired) electrons. The number of aryl methyl sites for hydroxylation is 1. The van der Waals surface area contributed by atoms with Crippen molar-refractivity contribution < 1.29 is 0 Å². The monoisotopic (exact) mass is 311 g/mol. The maximum absolute atomic E-state index is 4.58. The van der Waals surface area contributed by atoms with Crippen molar-refractivity contribution in [3.05, 3.63) is 22.3 Å². The molecule has 0 spiro atoms. The van der Waals surface area contributed by atoms with Gasteiger partial charge >= 0.3 is 0 Å². The molecule has 0 aliphatic carbocycles. The van der Waals surface area contributed by atoms with Gasteiger partial charge in [0, 0.05) is 23.3 Å². The third-order valence-electron chi connectivity index (χ3n) is 3.68. The van der Waals surface area contributed by atoms with Crippen LogP contribution in [0.1, 0.15) is 31.2 Å². The smallest absolute Gasteiger partial charge is 0.129 e. The third kappa shape index (κ3) is 3.23. The van der Waals surface area contributed by atoms with E-state index < -0.39 is 0 Å². The van der Waals surface area contributed by atoms with E-state index in [-0.39, 0.29) is 0 Å². The fourth-order valence-corrected chi connectivity index (χ4v) is 2.81. The van der Waals surface area contributed by atoms with Gasteiger partial charge in [-0.25, -0.2) is 4.98 Å². The van der Waals surface area contributed by atoms with E-state index in [9.17, 15) is 0 Å². The number of piperidine rings is 1. The molecule has 2 rings (SSSR count). The number of halogens is 1. The highest BCUT2D eigenvalue weighted by atomic mass is 79.9. The molecule has 1 N–H and O–H groups in total. The molecule has 18 heavy (non-hydrogen) atoms. The summed E-state index contributed by atoms with van der Waals surface area (Å²) in [5, 5.41) is 3.25. The molecular weight excluding hydrogens is 290 g/mol. The van der Waals surface area contributed by atoms with Crippen LogP contribution in [0.15, 0.2) is 16.7 Å². The van der Waals surface area contributed by atoms with Crippen molar-refractivity contribution in [1.82, 2.24) is 10.3 Å². The number of rotatable bonds is 4. The zero-order valence-corrected chi connectivity index (χ0v) is 12.8. The highest BCUT2D eigenvalue weighted by Gasteiger charge is 2.23. The Balaban J connectivity index is 2.14. The minimum Gasteiger partial charge on any atom is -0.354 e. The molecule has 2 heterocycles. The molecule has 0 bridgehead atoms. The van der Waals surface area contributed by atoms with E-state index in [1.54, 1.807) is 0 Å². The number of nitrogens with zero attached hydrogens (tertiary/aromatic N) is 2. The number of pyridine rings is 1. The molecule has 1 aromatic heterocycles. The molecule has 1 fully saturated rings. The van der Waals surface area contributed by atoms with Gasteiger partial charge in [0.25, 0.3) is 0 Å². The highest BCUT2D eigenvalue weighted by Crippen LogP contribution is 2.27. The first kappa shape index (κ1) is 13.8. The van der Waals surface area contributed by atoms with E-state index >= 15 is 0 Å². The summed E-state index contributed by atoms with van der Waals surface area (Å²) in [5.74, 6) is 1.14. The van der Waals surface area contributed by atoms with Crippen LogP contribution < -0.4 is 10.2 Å². The summed E-state index contributed by atoms with van der Waals surface area (Å²) in [6.45, 7) is 4.35. The van der Waals surface area contributed by atoms with Crippen molar-refractivity contribution in [2.45, 2.75) is 38.6 Å². The van der Waals surface area contributed by atoms with Crippen LogP contribution in [-0.2, 0) is 0 Å². The van der Waals surface area contributed by atoms with E-state index in [0.717, 1.165) is 23.4 Å². The molecule has 1 aliphatic heterocycles. The quantitative estimate of drug-likeness (QED) is 0.926. The Hall–Kier alpha value is -0.610. The second kappa shape index (κ2) is 6.53.